The third kappa shape index (κ3) is 10.1. The van der Waals surface area contributed by atoms with E-state index in [9.17, 15) is 0 Å². The van der Waals surface area contributed by atoms with Crippen LogP contribution in [0.2, 0.25) is 0 Å². The van der Waals surface area contributed by atoms with E-state index in [0.29, 0.717) is 5.92 Å². The SMILES string of the molecule is CC(C)c1cc2c(-c3ccc(C(C)(C)C)cc3)cccc2[cH-]1.Cc1cc(-c2ccccc2C)c2cc(C)[cH-]c2c1.Cl.Cl.[CH3-].[CH3-].[Si]=[Zr]. The Labute approximate surface area is 309 Å². The van der Waals surface area contributed by atoms with E-state index >= 15 is 0 Å². The van der Waals surface area contributed by atoms with Crippen LogP contribution in [0.1, 0.15) is 68.4 Å². The van der Waals surface area contributed by atoms with Crippen molar-refractivity contribution >= 4 is 53.2 Å². The van der Waals surface area contributed by atoms with Gasteiger partial charge in [-0.25, -0.2) is 0 Å². The summed E-state index contributed by atoms with van der Waals surface area (Å²) < 4.78 is 0. The second-order valence-electron chi connectivity index (χ2n) is 12.7. The molecule has 0 aromatic heterocycles. The number of benzene rings is 4. The molecule has 0 unspecified atom stereocenters. The van der Waals surface area contributed by atoms with Crippen LogP contribution in [0.5, 0.6) is 0 Å². The Kier molecular flexibility index (Phi) is 18.0. The Morgan fingerprint density at radius 1 is 0.630 bits per heavy atom. The summed E-state index contributed by atoms with van der Waals surface area (Å²) in [4.78, 5) is 0. The van der Waals surface area contributed by atoms with E-state index in [4.69, 9.17) is 0 Å². The molecule has 0 saturated carbocycles. The number of aryl methyl sites for hydroxylation is 3. The molecule has 46 heavy (non-hydrogen) atoms. The van der Waals surface area contributed by atoms with Crippen LogP contribution >= 0.6 is 24.8 Å². The van der Waals surface area contributed by atoms with Gasteiger partial charge in [0.1, 0.15) is 0 Å². The molecule has 0 saturated heterocycles. The van der Waals surface area contributed by atoms with Gasteiger partial charge in [0, 0.05) is 0 Å². The van der Waals surface area contributed by atoms with Gasteiger partial charge in [0.25, 0.3) is 0 Å². The van der Waals surface area contributed by atoms with Crippen molar-refractivity contribution in [1.82, 2.24) is 0 Å². The van der Waals surface area contributed by atoms with Gasteiger partial charge in [-0.1, -0.05) is 119 Å². The van der Waals surface area contributed by atoms with Gasteiger partial charge in [-0.3, -0.25) is 0 Å². The van der Waals surface area contributed by atoms with Crippen molar-refractivity contribution in [2.75, 3.05) is 0 Å². The number of rotatable bonds is 3. The van der Waals surface area contributed by atoms with E-state index < -0.39 is 0 Å². The molecule has 6 aromatic rings. The summed E-state index contributed by atoms with van der Waals surface area (Å²) in [7, 11) is 0. The molecular weight excluding hydrogens is 695 g/mol. The standard InChI is InChI=1S/C22H25.C18H17.2CH3.2ClH.Si.Zr/c1-15(2)18-13-17-7-6-8-20(21(17)14-18)16-9-11-19(12-10-16)22(3,4)5;1-12-8-15-9-13(2)11-18(17(15)10-12)16-7-5-4-6-14(16)3;;;;;;/h6-15H,1-5H3;4-11H,1-3H3;2*1H3;2*1H;;/q4*-1;;;;. The van der Waals surface area contributed by atoms with Crippen molar-refractivity contribution in [3.63, 3.8) is 0 Å². The molecule has 0 amide bonds. The molecule has 4 heteroatoms. The van der Waals surface area contributed by atoms with E-state index in [0.717, 1.165) is 0 Å². The summed E-state index contributed by atoms with van der Waals surface area (Å²) in [6, 6.07) is 38.1. The fourth-order valence-corrected chi connectivity index (χ4v) is 5.71. The fraction of sp³-hybridized carbons (Fsp3) is 0.238. The van der Waals surface area contributed by atoms with Gasteiger partial charge in [-0.15, -0.1) is 87.8 Å². The number of halogens is 2. The number of hydrogen-bond acceptors (Lipinski definition) is 0. The molecule has 0 heterocycles. The van der Waals surface area contributed by atoms with E-state index in [1.54, 1.807) is 0 Å². The zero-order valence-corrected chi connectivity index (χ0v) is 34.3. The van der Waals surface area contributed by atoms with Crippen LogP contribution in [0.25, 0.3) is 43.8 Å². The summed E-state index contributed by atoms with van der Waals surface area (Å²) >= 11 is 1.36. The van der Waals surface area contributed by atoms with Gasteiger partial charge in [-0.05, 0) is 47.4 Å². The van der Waals surface area contributed by atoms with E-state index in [1.165, 1.54) is 95.0 Å². The minimum atomic E-state index is 0. The first-order valence-corrected chi connectivity index (χ1v) is 19.0. The molecule has 0 nitrogen and oxygen atoms in total. The molecule has 0 spiro atoms. The minimum absolute atomic E-state index is 0. The molecule has 0 fully saturated rings. The van der Waals surface area contributed by atoms with Gasteiger partial charge in [0.15, 0.2) is 0 Å². The average molecular weight is 745 g/mol. The molecule has 0 atom stereocenters. The molecule has 6 aromatic carbocycles. The first-order valence-electron chi connectivity index (χ1n) is 14.8. The van der Waals surface area contributed by atoms with Crippen LogP contribution in [-0.2, 0) is 28.8 Å². The number of hydrogen-bond donors (Lipinski definition) is 0. The van der Waals surface area contributed by atoms with Crippen LogP contribution in [0.3, 0.4) is 0 Å². The molecular formula is C42H50Cl2SiZr-4. The molecule has 2 radical (unpaired) electrons. The first kappa shape index (κ1) is 43.8. The molecule has 6 rings (SSSR count). The maximum absolute atomic E-state index is 3.06. The van der Waals surface area contributed by atoms with Crippen LogP contribution in [-0.4, -0.2) is 6.88 Å². The third-order valence-electron chi connectivity index (χ3n) is 8.05. The molecule has 0 N–H and O–H groups in total. The Morgan fingerprint density at radius 2 is 1.22 bits per heavy atom. The second-order valence-corrected chi connectivity index (χ2v) is 12.7. The first-order chi connectivity index (χ1) is 20.0. The van der Waals surface area contributed by atoms with Crippen LogP contribution in [0.15, 0.2) is 103 Å². The quantitative estimate of drug-likeness (QED) is 0.125. The van der Waals surface area contributed by atoms with E-state index in [2.05, 4.69) is 165 Å². The Bertz CT molecular complexity index is 1800. The number of fused-ring (bicyclic) bond motifs is 2. The van der Waals surface area contributed by atoms with Crippen LogP contribution < -0.4 is 0 Å². The van der Waals surface area contributed by atoms with Gasteiger partial charge in [-0.2, -0.15) is 12.1 Å². The van der Waals surface area contributed by atoms with Crippen LogP contribution in [0, 0.1) is 35.6 Å². The van der Waals surface area contributed by atoms with Crippen molar-refractivity contribution in [1.29, 1.82) is 0 Å². The Balaban J connectivity index is 0.000000782. The molecule has 0 aliphatic carbocycles. The summed E-state index contributed by atoms with van der Waals surface area (Å²) in [6.45, 7) is 20.9. The summed E-state index contributed by atoms with van der Waals surface area (Å²) in [5.74, 6) is 0.573. The molecule has 244 valence electrons. The zero-order chi connectivity index (χ0) is 30.6. The van der Waals surface area contributed by atoms with E-state index in [-0.39, 0.29) is 45.1 Å². The van der Waals surface area contributed by atoms with Gasteiger partial charge >= 0.3 is 30.2 Å². The Hall–Kier alpha value is -2.22. The average Bonchev–Trinajstić information content (AvgIpc) is 3.57. The molecule has 0 aliphatic heterocycles. The second kappa shape index (κ2) is 18.9. The van der Waals surface area contributed by atoms with Gasteiger partial charge in [0.05, 0.1) is 0 Å². The normalized spacial score (nSPS) is 10.3. The monoisotopic (exact) mass is 742 g/mol. The van der Waals surface area contributed by atoms with Crippen molar-refractivity contribution in [3.05, 3.63) is 146 Å². The van der Waals surface area contributed by atoms with Gasteiger partial charge in [0.2, 0.25) is 0 Å². The van der Waals surface area contributed by atoms with E-state index in [1.807, 2.05) is 0 Å². The summed E-state index contributed by atoms with van der Waals surface area (Å²) in [6.07, 6.45) is 0. The van der Waals surface area contributed by atoms with Crippen LogP contribution in [0.4, 0.5) is 0 Å². The predicted molar refractivity (Wildman–Crippen MR) is 210 cm³/mol. The van der Waals surface area contributed by atoms with Crippen molar-refractivity contribution in [3.8, 4) is 22.3 Å². The van der Waals surface area contributed by atoms with Crippen molar-refractivity contribution in [2.24, 2.45) is 0 Å². The Morgan fingerprint density at radius 3 is 1.80 bits per heavy atom. The van der Waals surface area contributed by atoms with Crippen molar-refractivity contribution < 1.29 is 23.3 Å². The zero-order valence-electron chi connectivity index (χ0n) is 29.2. The maximum atomic E-state index is 3.06. The van der Waals surface area contributed by atoms with Gasteiger partial charge < -0.3 is 14.9 Å². The topological polar surface area (TPSA) is 0 Å². The van der Waals surface area contributed by atoms with Crippen molar-refractivity contribution in [2.45, 2.75) is 66.7 Å². The predicted octanol–water partition coefficient (Wildman–Crippen LogP) is 13.2. The third-order valence-corrected chi connectivity index (χ3v) is 8.05. The summed E-state index contributed by atoms with van der Waals surface area (Å²) in [5, 5.41) is 5.44. The molecule has 0 bridgehead atoms. The summed E-state index contributed by atoms with van der Waals surface area (Å²) in [5.41, 5.74) is 12.4. The molecule has 0 aliphatic rings. The fourth-order valence-electron chi connectivity index (χ4n) is 5.71.